The Hall–Kier alpha value is -4.60. The third-order valence-electron chi connectivity index (χ3n) is 7.60. The van der Waals surface area contributed by atoms with E-state index in [4.69, 9.17) is 0 Å². The highest BCUT2D eigenvalue weighted by Crippen LogP contribution is 2.49. The fourth-order valence-electron chi connectivity index (χ4n) is 6.30. The summed E-state index contributed by atoms with van der Waals surface area (Å²) in [6.45, 7) is 0. The van der Waals surface area contributed by atoms with E-state index in [1.807, 2.05) is 12.1 Å². The first kappa shape index (κ1) is 17.0. The number of nitriles is 2. The zero-order valence-electron chi connectivity index (χ0n) is 17.6. The summed E-state index contributed by atoms with van der Waals surface area (Å²) in [5.74, 6) is 0. The Bertz CT molecular complexity index is 2070. The number of benzene rings is 5. The van der Waals surface area contributed by atoms with Crippen molar-refractivity contribution < 1.29 is 0 Å². The molecule has 0 saturated carbocycles. The summed E-state index contributed by atoms with van der Waals surface area (Å²) in [6.07, 6.45) is 3.68. The summed E-state index contributed by atoms with van der Waals surface area (Å²) in [6, 6.07) is 26.2. The smallest absolute Gasteiger partial charge is 0.0992 e. The molecule has 0 spiro atoms. The fraction of sp³-hybridized carbons (Fsp3) is 0.0667. The first-order valence-electron chi connectivity index (χ1n) is 11.2. The van der Waals surface area contributed by atoms with Crippen molar-refractivity contribution in [3.63, 3.8) is 0 Å². The van der Waals surface area contributed by atoms with Gasteiger partial charge >= 0.3 is 0 Å². The second-order valence-corrected chi connectivity index (χ2v) is 9.10. The molecule has 3 nitrogen and oxygen atoms in total. The minimum atomic E-state index is 0.652. The van der Waals surface area contributed by atoms with Gasteiger partial charge in [0.05, 0.1) is 34.4 Å². The molecule has 0 atom stereocenters. The van der Waals surface area contributed by atoms with E-state index in [-0.39, 0.29) is 0 Å². The van der Waals surface area contributed by atoms with E-state index in [1.54, 1.807) is 0 Å². The van der Waals surface area contributed by atoms with E-state index in [0.29, 0.717) is 5.56 Å². The van der Waals surface area contributed by atoms with Gasteiger partial charge in [0.15, 0.2) is 0 Å². The van der Waals surface area contributed by atoms with Crippen LogP contribution < -0.4 is 0 Å². The lowest BCUT2D eigenvalue weighted by Gasteiger charge is -2.15. The highest BCUT2D eigenvalue weighted by atomic mass is 14.9. The van der Waals surface area contributed by atoms with Crippen molar-refractivity contribution in [3.8, 4) is 12.1 Å². The van der Waals surface area contributed by atoms with Gasteiger partial charge in [0, 0.05) is 21.7 Å². The van der Waals surface area contributed by atoms with Crippen LogP contribution in [0.4, 0.5) is 0 Å². The van der Waals surface area contributed by atoms with Crippen LogP contribution in [0.5, 0.6) is 0 Å². The summed E-state index contributed by atoms with van der Waals surface area (Å²) in [4.78, 5) is 0. The van der Waals surface area contributed by atoms with Crippen LogP contribution in [-0.2, 0) is 6.42 Å². The maximum atomic E-state index is 9.64. The zero-order chi connectivity index (χ0) is 21.8. The predicted molar refractivity (Wildman–Crippen MR) is 134 cm³/mol. The molecule has 33 heavy (non-hydrogen) atoms. The summed E-state index contributed by atoms with van der Waals surface area (Å²) in [5, 5.41) is 30.7. The Morgan fingerprint density at radius 3 is 2.21 bits per heavy atom. The number of hydrogen-bond acceptors (Lipinski definition) is 2. The van der Waals surface area contributed by atoms with Crippen molar-refractivity contribution in [3.05, 3.63) is 83.1 Å². The van der Waals surface area contributed by atoms with E-state index in [2.05, 4.69) is 71.1 Å². The van der Waals surface area contributed by atoms with Gasteiger partial charge in [0.1, 0.15) is 0 Å². The van der Waals surface area contributed by atoms with E-state index >= 15 is 0 Å². The van der Waals surface area contributed by atoms with Crippen LogP contribution in [-0.4, -0.2) is 4.40 Å². The highest BCUT2D eigenvalue weighted by Gasteiger charge is 2.27. The van der Waals surface area contributed by atoms with Gasteiger partial charge in [-0.2, -0.15) is 10.5 Å². The van der Waals surface area contributed by atoms with Crippen molar-refractivity contribution >= 4 is 65.6 Å². The molecule has 150 valence electrons. The van der Waals surface area contributed by atoms with Crippen molar-refractivity contribution in [2.45, 2.75) is 12.8 Å². The molecule has 0 unspecified atom stereocenters. The first-order chi connectivity index (χ1) is 16.3. The van der Waals surface area contributed by atoms with Crippen LogP contribution in [0.3, 0.4) is 0 Å². The van der Waals surface area contributed by atoms with Gasteiger partial charge < -0.3 is 4.40 Å². The average Bonchev–Trinajstić information content (AvgIpc) is 3.38. The van der Waals surface area contributed by atoms with E-state index in [0.717, 1.165) is 35.0 Å². The van der Waals surface area contributed by atoms with Gasteiger partial charge in [0.2, 0.25) is 0 Å². The number of aromatic nitrogens is 1. The number of aryl methyl sites for hydroxylation is 1. The Morgan fingerprint density at radius 2 is 1.45 bits per heavy atom. The molecule has 0 fully saturated rings. The molecule has 0 radical (unpaired) electrons. The Labute approximate surface area is 188 Å². The molecular weight excluding hydrogens is 402 g/mol. The lowest BCUT2D eigenvalue weighted by atomic mass is 9.87. The molecule has 0 bridgehead atoms. The van der Waals surface area contributed by atoms with Crippen LogP contribution >= 0.6 is 0 Å². The number of rotatable bonds is 0. The van der Waals surface area contributed by atoms with Crippen molar-refractivity contribution in [1.82, 2.24) is 4.40 Å². The van der Waals surface area contributed by atoms with E-state index < -0.39 is 0 Å². The predicted octanol–water partition coefficient (Wildman–Crippen LogP) is 7.31. The standard InChI is InChI=1S/C30H15N3/c31-14-16-4-8-20-24(12-16)33-25-13-17(15-32)5-9-21(25)29-23-11-7-19-3-1-2-18-6-10-22(27(23)26(18)19)28(20)30(29)33/h1-4,6-8,10-13H,5,9H2. The van der Waals surface area contributed by atoms with Gasteiger partial charge in [0.25, 0.3) is 0 Å². The fourth-order valence-corrected chi connectivity index (χ4v) is 6.30. The minimum Gasteiger partial charge on any atom is -0.308 e. The Balaban J connectivity index is 1.78. The Kier molecular flexibility index (Phi) is 2.89. The van der Waals surface area contributed by atoms with Gasteiger partial charge in [-0.3, -0.25) is 0 Å². The normalized spacial score (nSPS) is 13.9. The molecule has 0 N–H and O–H groups in total. The van der Waals surface area contributed by atoms with Gasteiger partial charge in [-0.25, -0.2) is 0 Å². The van der Waals surface area contributed by atoms with Crippen LogP contribution in [0.15, 0.2) is 66.2 Å². The van der Waals surface area contributed by atoms with Crippen LogP contribution in [0.2, 0.25) is 0 Å². The molecule has 1 aliphatic carbocycles. The molecule has 0 aliphatic heterocycles. The second kappa shape index (κ2) is 5.60. The summed E-state index contributed by atoms with van der Waals surface area (Å²) < 4.78 is 2.31. The van der Waals surface area contributed by atoms with Crippen LogP contribution in [0.1, 0.15) is 23.2 Å². The SMILES string of the molecule is N#CC1=Cc2c(c3c4ccc5cccc6ccc(c4c56)c4c5ccc(C#N)cc5n2c34)CC1. The second-order valence-electron chi connectivity index (χ2n) is 9.10. The minimum absolute atomic E-state index is 0.652. The molecule has 5 aromatic carbocycles. The van der Waals surface area contributed by atoms with Gasteiger partial charge in [-0.05, 0) is 68.9 Å². The molecule has 2 heterocycles. The third kappa shape index (κ3) is 1.86. The van der Waals surface area contributed by atoms with Gasteiger partial charge in [-0.15, -0.1) is 0 Å². The molecule has 2 aromatic heterocycles. The molecule has 3 heteroatoms. The number of fused-ring (bicyclic) bond motifs is 8. The Morgan fingerprint density at radius 1 is 0.697 bits per heavy atom. The largest absolute Gasteiger partial charge is 0.308 e. The quantitative estimate of drug-likeness (QED) is 0.243. The molecule has 1 aliphatic rings. The molecular formula is C30H15N3. The average molecular weight is 417 g/mol. The van der Waals surface area contributed by atoms with E-state index in [9.17, 15) is 10.5 Å². The zero-order valence-corrected chi connectivity index (χ0v) is 17.6. The lowest BCUT2D eigenvalue weighted by Crippen LogP contribution is -1.99. The topological polar surface area (TPSA) is 52.0 Å². The van der Waals surface area contributed by atoms with Gasteiger partial charge in [-0.1, -0.05) is 48.5 Å². The summed E-state index contributed by atoms with van der Waals surface area (Å²) >= 11 is 0. The van der Waals surface area contributed by atoms with E-state index in [1.165, 1.54) is 54.2 Å². The number of allylic oxidation sites excluding steroid dienone is 1. The van der Waals surface area contributed by atoms with Crippen molar-refractivity contribution in [2.75, 3.05) is 0 Å². The number of nitrogens with zero attached hydrogens (tertiary/aromatic N) is 3. The maximum Gasteiger partial charge on any atom is 0.0992 e. The van der Waals surface area contributed by atoms with Crippen LogP contribution in [0.25, 0.3) is 65.6 Å². The molecule has 8 rings (SSSR count). The molecule has 0 amide bonds. The summed E-state index contributed by atoms with van der Waals surface area (Å²) in [7, 11) is 0. The summed E-state index contributed by atoms with van der Waals surface area (Å²) in [5.41, 5.74) is 6.13. The molecule has 7 aromatic rings. The first-order valence-corrected chi connectivity index (χ1v) is 11.2. The van der Waals surface area contributed by atoms with Crippen molar-refractivity contribution in [2.24, 2.45) is 0 Å². The lowest BCUT2D eigenvalue weighted by molar-refractivity contribution is 0.953. The molecule has 0 saturated heterocycles. The third-order valence-corrected chi connectivity index (χ3v) is 7.60. The maximum absolute atomic E-state index is 9.64. The monoisotopic (exact) mass is 417 g/mol. The highest BCUT2D eigenvalue weighted by molar-refractivity contribution is 6.39. The van der Waals surface area contributed by atoms with Crippen molar-refractivity contribution in [1.29, 1.82) is 10.5 Å². The van der Waals surface area contributed by atoms with Crippen LogP contribution in [0, 0.1) is 22.7 Å². The number of hydrogen-bond donors (Lipinski definition) is 0.